The number of nitrogens with two attached hydrogens (primary N) is 1. The highest BCUT2D eigenvalue weighted by atomic mass is 19.1. The smallest absolute Gasteiger partial charge is 0.125 e. The molecule has 100 valence electrons. The van der Waals surface area contributed by atoms with Crippen LogP contribution >= 0.6 is 0 Å². The predicted molar refractivity (Wildman–Crippen MR) is 73.0 cm³/mol. The summed E-state index contributed by atoms with van der Waals surface area (Å²) in [6.07, 6.45) is 0. The molecule has 0 bridgehead atoms. The summed E-state index contributed by atoms with van der Waals surface area (Å²) >= 11 is 0. The summed E-state index contributed by atoms with van der Waals surface area (Å²) < 4.78 is 26.0. The van der Waals surface area contributed by atoms with Crippen molar-refractivity contribution in [2.24, 2.45) is 5.73 Å². The highest BCUT2D eigenvalue weighted by Gasteiger charge is 2.10. The first-order valence-corrected chi connectivity index (χ1v) is 6.04. The molecule has 0 aliphatic carbocycles. The monoisotopic (exact) mass is 262 g/mol. The molecule has 2 nitrogen and oxygen atoms in total. The minimum Gasteiger partial charge on any atom is -0.373 e. The second-order valence-corrected chi connectivity index (χ2v) is 4.52. The van der Waals surface area contributed by atoms with Crippen molar-refractivity contribution in [2.45, 2.75) is 6.04 Å². The van der Waals surface area contributed by atoms with E-state index < -0.39 is 0 Å². The van der Waals surface area contributed by atoms with Gasteiger partial charge in [0.1, 0.15) is 11.6 Å². The third-order valence-corrected chi connectivity index (χ3v) is 3.02. The van der Waals surface area contributed by atoms with E-state index in [2.05, 4.69) is 0 Å². The number of hydrogen-bond acceptors (Lipinski definition) is 2. The van der Waals surface area contributed by atoms with Crippen LogP contribution in [0, 0.1) is 11.6 Å². The molecule has 4 heteroatoms. The zero-order valence-corrected chi connectivity index (χ0v) is 10.7. The number of likely N-dealkylation sites (N-methyl/N-ethyl adjacent to an activating group) is 1. The van der Waals surface area contributed by atoms with Crippen LogP contribution in [0.15, 0.2) is 48.5 Å². The van der Waals surface area contributed by atoms with Gasteiger partial charge in [0, 0.05) is 25.3 Å². The highest BCUT2D eigenvalue weighted by molar-refractivity contribution is 5.46. The Balaban J connectivity index is 2.06. The Morgan fingerprint density at radius 2 is 1.74 bits per heavy atom. The van der Waals surface area contributed by atoms with Crippen molar-refractivity contribution in [2.75, 3.05) is 18.5 Å². The van der Waals surface area contributed by atoms with Gasteiger partial charge in [0.25, 0.3) is 0 Å². The molecule has 19 heavy (non-hydrogen) atoms. The van der Waals surface area contributed by atoms with Crippen molar-refractivity contribution >= 4 is 5.69 Å². The van der Waals surface area contributed by atoms with Crippen LogP contribution in [-0.2, 0) is 0 Å². The van der Waals surface area contributed by atoms with Crippen LogP contribution < -0.4 is 10.6 Å². The molecular formula is C15H16F2N2. The van der Waals surface area contributed by atoms with E-state index in [0.717, 1.165) is 11.3 Å². The van der Waals surface area contributed by atoms with E-state index in [9.17, 15) is 8.78 Å². The number of rotatable bonds is 4. The molecule has 0 aromatic heterocycles. The molecule has 2 rings (SSSR count). The van der Waals surface area contributed by atoms with Crippen molar-refractivity contribution in [1.82, 2.24) is 0 Å². The van der Waals surface area contributed by atoms with Gasteiger partial charge in [-0.2, -0.15) is 0 Å². The molecule has 2 N–H and O–H groups in total. The van der Waals surface area contributed by atoms with Gasteiger partial charge < -0.3 is 10.6 Å². The maximum Gasteiger partial charge on any atom is 0.125 e. The van der Waals surface area contributed by atoms with Gasteiger partial charge in [-0.15, -0.1) is 0 Å². The van der Waals surface area contributed by atoms with Gasteiger partial charge in [0.2, 0.25) is 0 Å². The average molecular weight is 262 g/mol. The molecule has 0 radical (unpaired) electrons. The lowest BCUT2D eigenvalue weighted by molar-refractivity contribution is 0.622. The minimum atomic E-state index is -0.283. The summed E-state index contributed by atoms with van der Waals surface area (Å²) in [6, 6.07) is 12.2. The van der Waals surface area contributed by atoms with Crippen molar-refractivity contribution in [3.63, 3.8) is 0 Å². The number of halogens is 2. The summed E-state index contributed by atoms with van der Waals surface area (Å²) in [4.78, 5) is 1.87. The second kappa shape index (κ2) is 5.80. The summed E-state index contributed by atoms with van der Waals surface area (Å²) in [5.41, 5.74) is 7.68. The fourth-order valence-corrected chi connectivity index (χ4v) is 1.93. The van der Waals surface area contributed by atoms with Crippen LogP contribution in [0.4, 0.5) is 14.5 Å². The van der Waals surface area contributed by atoms with Crippen molar-refractivity contribution in [3.05, 3.63) is 65.7 Å². The molecule has 0 heterocycles. The summed E-state index contributed by atoms with van der Waals surface area (Å²) in [5.74, 6) is -0.561. The van der Waals surface area contributed by atoms with Gasteiger partial charge in [0.15, 0.2) is 0 Å². The molecule has 1 atom stereocenters. The minimum absolute atomic E-state index is 0.256. The Labute approximate surface area is 111 Å². The fraction of sp³-hybridized carbons (Fsp3) is 0.200. The SMILES string of the molecule is CN(CC(N)c1ccc(F)cc1)c1cccc(F)c1. The van der Waals surface area contributed by atoms with Crippen LogP contribution in [0.5, 0.6) is 0 Å². The van der Waals surface area contributed by atoms with E-state index in [-0.39, 0.29) is 17.7 Å². The standard InChI is InChI=1S/C15H16F2N2/c1-19(14-4-2-3-13(17)9-14)10-15(18)11-5-7-12(16)8-6-11/h2-9,15H,10,18H2,1H3. The largest absolute Gasteiger partial charge is 0.373 e. The van der Waals surface area contributed by atoms with E-state index in [4.69, 9.17) is 5.73 Å². The first-order chi connectivity index (χ1) is 9.06. The molecular weight excluding hydrogens is 246 g/mol. The van der Waals surface area contributed by atoms with Gasteiger partial charge in [-0.3, -0.25) is 0 Å². The van der Waals surface area contributed by atoms with Crippen molar-refractivity contribution < 1.29 is 8.78 Å². The zero-order valence-electron chi connectivity index (χ0n) is 10.7. The molecule has 0 amide bonds. The van der Waals surface area contributed by atoms with Crippen LogP contribution in [0.1, 0.15) is 11.6 Å². The van der Waals surface area contributed by atoms with E-state index in [1.54, 1.807) is 18.2 Å². The summed E-state index contributed by atoms with van der Waals surface area (Å²) in [6.45, 7) is 0.523. The number of hydrogen-bond donors (Lipinski definition) is 1. The number of benzene rings is 2. The summed E-state index contributed by atoms with van der Waals surface area (Å²) in [7, 11) is 1.85. The molecule has 1 unspecified atom stereocenters. The molecule has 0 aliphatic heterocycles. The Morgan fingerprint density at radius 1 is 1.05 bits per heavy atom. The van der Waals surface area contributed by atoms with E-state index in [0.29, 0.717) is 6.54 Å². The predicted octanol–water partition coefficient (Wildman–Crippen LogP) is 3.10. The quantitative estimate of drug-likeness (QED) is 0.917. The maximum atomic E-state index is 13.1. The molecule has 0 fully saturated rings. The molecule has 0 spiro atoms. The Bertz CT molecular complexity index is 540. The van der Waals surface area contributed by atoms with Gasteiger partial charge in [-0.25, -0.2) is 8.78 Å². The van der Waals surface area contributed by atoms with Crippen LogP contribution in [-0.4, -0.2) is 13.6 Å². The van der Waals surface area contributed by atoms with Crippen LogP contribution in [0.3, 0.4) is 0 Å². The van der Waals surface area contributed by atoms with Gasteiger partial charge in [0.05, 0.1) is 0 Å². The molecule has 0 saturated heterocycles. The lowest BCUT2D eigenvalue weighted by Gasteiger charge is -2.23. The topological polar surface area (TPSA) is 29.3 Å². The van der Waals surface area contributed by atoms with Crippen molar-refractivity contribution in [3.8, 4) is 0 Å². The lowest BCUT2D eigenvalue weighted by Crippen LogP contribution is -2.29. The molecule has 0 saturated carbocycles. The first-order valence-electron chi connectivity index (χ1n) is 6.04. The molecule has 2 aromatic rings. The van der Waals surface area contributed by atoms with E-state index in [1.807, 2.05) is 18.0 Å². The third kappa shape index (κ3) is 3.51. The second-order valence-electron chi connectivity index (χ2n) is 4.52. The van der Waals surface area contributed by atoms with Gasteiger partial charge in [-0.05, 0) is 35.9 Å². The number of anilines is 1. The average Bonchev–Trinajstić information content (AvgIpc) is 2.39. The Kier molecular flexibility index (Phi) is 4.12. The molecule has 2 aromatic carbocycles. The fourth-order valence-electron chi connectivity index (χ4n) is 1.93. The van der Waals surface area contributed by atoms with E-state index >= 15 is 0 Å². The summed E-state index contributed by atoms with van der Waals surface area (Å²) in [5, 5.41) is 0. The van der Waals surface area contributed by atoms with Crippen molar-refractivity contribution in [1.29, 1.82) is 0 Å². The van der Waals surface area contributed by atoms with E-state index in [1.165, 1.54) is 24.3 Å². The Hall–Kier alpha value is -1.94. The highest BCUT2D eigenvalue weighted by Crippen LogP contribution is 2.18. The maximum absolute atomic E-state index is 13.1. The van der Waals surface area contributed by atoms with Gasteiger partial charge >= 0.3 is 0 Å². The third-order valence-electron chi connectivity index (χ3n) is 3.02. The Morgan fingerprint density at radius 3 is 2.37 bits per heavy atom. The lowest BCUT2D eigenvalue weighted by atomic mass is 10.1. The molecule has 0 aliphatic rings. The van der Waals surface area contributed by atoms with Crippen LogP contribution in [0.2, 0.25) is 0 Å². The van der Waals surface area contributed by atoms with Gasteiger partial charge in [-0.1, -0.05) is 18.2 Å². The van der Waals surface area contributed by atoms with Crippen LogP contribution in [0.25, 0.3) is 0 Å². The number of nitrogens with zero attached hydrogens (tertiary/aromatic N) is 1. The first kappa shape index (κ1) is 13.5. The zero-order chi connectivity index (χ0) is 13.8. The normalized spacial score (nSPS) is 12.2.